The van der Waals surface area contributed by atoms with E-state index < -0.39 is 0 Å². The predicted octanol–water partition coefficient (Wildman–Crippen LogP) is 3.03. The van der Waals surface area contributed by atoms with Gasteiger partial charge in [-0.3, -0.25) is 0 Å². The Hall–Kier alpha value is -0.990. The highest BCUT2D eigenvalue weighted by molar-refractivity contribution is 5.38. The van der Waals surface area contributed by atoms with Crippen LogP contribution >= 0.6 is 0 Å². The second kappa shape index (κ2) is 5.92. The maximum Gasteiger partial charge on any atom is 0.126 e. The number of rotatable bonds is 6. The zero-order chi connectivity index (χ0) is 12.1. The largest absolute Gasteiger partial charge is 0.384 e. The van der Waals surface area contributed by atoms with E-state index in [2.05, 4.69) is 37.2 Å². The first-order valence-electron chi connectivity index (χ1n) is 6.43. The molecule has 0 radical (unpaired) electrons. The lowest BCUT2D eigenvalue weighted by Gasteiger charge is -2.11. The molecule has 2 N–H and O–H groups in total. The normalized spacial score (nSPS) is 11.3. The SMILES string of the molecule is CCCc1nc(CCC)n(CC(C)C)c1N. The second-order valence-corrected chi connectivity index (χ2v) is 4.86. The summed E-state index contributed by atoms with van der Waals surface area (Å²) in [7, 11) is 0. The maximum absolute atomic E-state index is 6.17. The van der Waals surface area contributed by atoms with E-state index in [9.17, 15) is 0 Å². The molecule has 0 spiro atoms. The minimum absolute atomic E-state index is 0.613. The first-order chi connectivity index (χ1) is 7.60. The molecule has 1 aromatic heterocycles. The van der Waals surface area contributed by atoms with E-state index >= 15 is 0 Å². The molecule has 0 unspecified atom stereocenters. The summed E-state index contributed by atoms with van der Waals surface area (Å²) < 4.78 is 2.21. The van der Waals surface area contributed by atoms with Gasteiger partial charge < -0.3 is 10.3 Å². The van der Waals surface area contributed by atoms with E-state index in [0.717, 1.165) is 49.6 Å². The van der Waals surface area contributed by atoms with E-state index in [1.165, 1.54) is 0 Å². The summed E-state index contributed by atoms with van der Waals surface area (Å²) in [6, 6.07) is 0. The van der Waals surface area contributed by atoms with Gasteiger partial charge in [0.15, 0.2) is 0 Å². The van der Waals surface area contributed by atoms with Gasteiger partial charge in [0, 0.05) is 13.0 Å². The monoisotopic (exact) mass is 223 g/mol. The van der Waals surface area contributed by atoms with Crippen LogP contribution in [0.15, 0.2) is 0 Å². The quantitative estimate of drug-likeness (QED) is 0.805. The second-order valence-electron chi connectivity index (χ2n) is 4.86. The van der Waals surface area contributed by atoms with Crippen molar-refractivity contribution >= 4 is 5.82 Å². The number of nitrogens with zero attached hydrogens (tertiary/aromatic N) is 2. The van der Waals surface area contributed by atoms with Crippen LogP contribution in [0.2, 0.25) is 0 Å². The highest BCUT2D eigenvalue weighted by atomic mass is 15.1. The van der Waals surface area contributed by atoms with Crippen LogP contribution in [0.4, 0.5) is 5.82 Å². The van der Waals surface area contributed by atoms with Crippen LogP contribution in [0, 0.1) is 5.92 Å². The molecular weight excluding hydrogens is 198 g/mol. The van der Waals surface area contributed by atoms with Crippen LogP contribution in [0.5, 0.6) is 0 Å². The van der Waals surface area contributed by atoms with Crippen molar-refractivity contribution in [2.75, 3.05) is 5.73 Å². The highest BCUT2D eigenvalue weighted by Crippen LogP contribution is 2.19. The molecule has 92 valence electrons. The standard InChI is InChI=1S/C13H25N3/c1-5-7-11-13(14)16(9-10(3)4)12(15-11)8-6-2/h10H,5-9,14H2,1-4H3. The van der Waals surface area contributed by atoms with Gasteiger partial charge in [-0.15, -0.1) is 0 Å². The fourth-order valence-corrected chi connectivity index (χ4v) is 1.97. The molecule has 0 saturated carbocycles. The molecule has 3 nitrogen and oxygen atoms in total. The van der Waals surface area contributed by atoms with Crippen LogP contribution in [0.3, 0.4) is 0 Å². The van der Waals surface area contributed by atoms with Gasteiger partial charge in [0.2, 0.25) is 0 Å². The summed E-state index contributed by atoms with van der Waals surface area (Å²) in [6.07, 6.45) is 4.25. The van der Waals surface area contributed by atoms with Gasteiger partial charge in [0.1, 0.15) is 11.6 Å². The van der Waals surface area contributed by atoms with Crippen molar-refractivity contribution in [3.8, 4) is 0 Å². The summed E-state index contributed by atoms with van der Waals surface area (Å²) in [5.74, 6) is 2.66. The molecule has 1 rings (SSSR count). The molecule has 1 aromatic rings. The minimum Gasteiger partial charge on any atom is -0.384 e. The Morgan fingerprint density at radius 3 is 2.31 bits per heavy atom. The summed E-state index contributed by atoms with van der Waals surface area (Å²) in [5.41, 5.74) is 7.26. The molecule has 0 saturated heterocycles. The van der Waals surface area contributed by atoms with Gasteiger partial charge in [-0.1, -0.05) is 34.1 Å². The lowest BCUT2D eigenvalue weighted by Crippen LogP contribution is -2.11. The van der Waals surface area contributed by atoms with E-state index in [0.29, 0.717) is 5.92 Å². The summed E-state index contributed by atoms with van der Waals surface area (Å²) in [6.45, 7) is 9.77. The Morgan fingerprint density at radius 1 is 1.19 bits per heavy atom. The van der Waals surface area contributed by atoms with Gasteiger partial charge >= 0.3 is 0 Å². The van der Waals surface area contributed by atoms with Crippen molar-refractivity contribution in [1.29, 1.82) is 0 Å². The molecule has 0 amide bonds. The third-order valence-corrected chi connectivity index (χ3v) is 2.67. The third-order valence-electron chi connectivity index (χ3n) is 2.67. The number of nitrogen functional groups attached to an aromatic ring is 1. The van der Waals surface area contributed by atoms with Crippen LogP contribution in [0.1, 0.15) is 52.1 Å². The van der Waals surface area contributed by atoms with Crippen molar-refractivity contribution in [2.45, 2.75) is 59.9 Å². The molecule has 0 aliphatic heterocycles. The molecular formula is C13H25N3. The summed E-state index contributed by atoms with van der Waals surface area (Å²) in [4.78, 5) is 4.68. The van der Waals surface area contributed by atoms with Gasteiger partial charge in [-0.25, -0.2) is 4.98 Å². The van der Waals surface area contributed by atoms with E-state index in [1.54, 1.807) is 0 Å². The van der Waals surface area contributed by atoms with E-state index in [4.69, 9.17) is 5.73 Å². The fourth-order valence-electron chi connectivity index (χ4n) is 1.97. The van der Waals surface area contributed by atoms with E-state index in [1.807, 2.05) is 0 Å². The van der Waals surface area contributed by atoms with Gasteiger partial charge in [-0.05, 0) is 18.8 Å². The number of hydrogen-bond donors (Lipinski definition) is 1. The van der Waals surface area contributed by atoms with E-state index in [-0.39, 0.29) is 0 Å². The molecule has 0 bridgehead atoms. The Morgan fingerprint density at radius 2 is 1.81 bits per heavy atom. The lowest BCUT2D eigenvalue weighted by molar-refractivity contribution is 0.510. The molecule has 0 atom stereocenters. The number of aryl methyl sites for hydroxylation is 2. The van der Waals surface area contributed by atoms with Crippen molar-refractivity contribution in [1.82, 2.24) is 9.55 Å². The zero-order valence-corrected chi connectivity index (χ0v) is 11.1. The van der Waals surface area contributed by atoms with Crippen molar-refractivity contribution in [2.24, 2.45) is 5.92 Å². The van der Waals surface area contributed by atoms with Crippen LogP contribution in [-0.4, -0.2) is 9.55 Å². The number of anilines is 1. The van der Waals surface area contributed by atoms with Gasteiger partial charge in [0.25, 0.3) is 0 Å². The summed E-state index contributed by atoms with van der Waals surface area (Å²) >= 11 is 0. The Bertz CT molecular complexity index is 326. The average Bonchev–Trinajstić information content (AvgIpc) is 2.47. The van der Waals surface area contributed by atoms with Crippen LogP contribution in [0.25, 0.3) is 0 Å². The topological polar surface area (TPSA) is 43.8 Å². The Balaban J connectivity index is 2.99. The Kier molecular flexibility index (Phi) is 4.84. The third kappa shape index (κ3) is 3.00. The molecule has 0 aliphatic rings. The molecule has 0 aromatic carbocycles. The summed E-state index contributed by atoms with van der Waals surface area (Å²) in [5, 5.41) is 0. The van der Waals surface area contributed by atoms with Gasteiger partial charge in [0.05, 0.1) is 5.69 Å². The molecule has 0 fully saturated rings. The lowest BCUT2D eigenvalue weighted by atomic mass is 10.2. The molecule has 0 aliphatic carbocycles. The number of hydrogen-bond acceptors (Lipinski definition) is 2. The molecule has 16 heavy (non-hydrogen) atoms. The van der Waals surface area contributed by atoms with Crippen molar-refractivity contribution in [3.05, 3.63) is 11.5 Å². The number of nitrogens with two attached hydrogens (primary N) is 1. The van der Waals surface area contributed by atoms with Crippen molar-refractivity contribution < 1.29 is 0 Å². The first kappa shape index (κ1) is 13.1. The van der Waals surface area contributed by atoms with Crippen LogP contribution < -0.4 is 5.73 Å². The van der Waals surface area contributed by atoms with Gasteiger partial charge in [-0.2, -0.15) is 0 Å². The average molecular weight is 223 g/mol. The first-order valence-corrected chi connectivity index (χ1v) is 6.43. The number of aromatic nitrogens is 2. The Labute approximate surface area is 99.1 Å². The smallest absolute Gasteiger partial charge is 0.126 e. The number of imidazole rings is 1. The minimum atomic E-state index is 0.613. The highest BCUT2D eigenvalue weighted by Gasteiger charge is 2.13. The fraction of sp³-hybridized carbons (Fsp3) is 0.769. The van der Waals surface area contributed by atoms with Crippen molar-refractivity contribution in [3.63, 3.8) is 0 Å². The van der Waals surface area contributed by atoms with Crippen LogP contribution in [-0.2, 0) is 19.4 Å². The zero-order valence-electron chi connectivity index (χ0n) is 11.1. The molecule has 1 heterocycles. The maximum atomic E-state index is 6.17. The molecule has 3 heteroatoms. The predicted molar refractivity (Wildman–Crippen MR) is 69.5 cm³/mol.